The van der Waals surface area contributed by atoms with Crippen LogP contribution in [0.1, 0.15) is 50.8 Å². The van der Waals surface area contributed by atoms with E-state index in [0.717, 1.165) is 30.8 Å². The highest BCUT2D eigenvalue weighted by molar-refractivity contribution is 5.76. The highest BCUT2D eigenvalue weighted by atomic mass is 16.1. The minimum absolute atomic E-state index is 0.0924. The molecule has 1 aliphatic carbocycles. The van der Waals surface area contributed by atoms with Crippen LogP contribution in [0.4, 0.5) is 5.82 Å². The van der Waals surface area contributed by atoms with Crippen molar-refractivity contribution < 1.29 is 4.79 Å². The first-order chi connectivity index (χ1) is 9.70. The molecule has 5 heteroatoms. The Kier molecular flexibility index (Phi) is 5.32. The van der Waals surface area contributed by atoms with Crippen molar-refractivity contribution in [3.63, 3.8) is 0 Å². The van der Waals surface area contributed by atoms with Crippen molar-refractivity contribution in [3.05, 3.63) is 17.6 Å². The fourth-order valence-electron chi connectivity index (χ4n) is 2.42. The molecule has 20 heavy (non-hydrogen) atoms. The standard InChI is InChI=1S/C15H24N4O/c1-3-11(2)19-14(20)8-9-16-15-12-6-4-5-7-13(12)17-10-18-15/h10-11H,3-9H2,1-2H3,(H,19,20)(H,16,17,18). The fourth-order valence-corrected chi connectivity index (χ4v) is 2.42. The van der Waals surface area contributed by atoms with Crippen LogP contribution in [-0.2, 0) is 17.6 Å². The van der Waals surface area contributed by atoms with E-state index in [1.807, 2.05) is 6.92 Å². The lowest BCUT2D eigenvalue weighted by Crippen LogP contribution is -2.33. The van der Waals surface area contributed by atoms with E-state index in [2.05, 4.69) is 27.5 Å². The van der Waals surface area contributed by atoms with Gasteiger partial charge in [0.2, 0.25) is 5.91 Å². The maximum absolute atomic E-state index is 11.7. The molecule has 1 aromatic rings. The number of rotatable bonds is 6. The molecule has 1 unspecified atom stereocenters. The van der Waals surface area contributed by atoms with E-state index in [1.54, 1.807) is 6.33 Å². The fraction of sp³-hybridized carbons (Fsp3) is 0.667. The third-order valence-electron chi connectivity index (χ3n) is 3.79. The Balaban J connectivity index is 1.84. The second-order valence-corrected chi connectivity index (χ2v) is 5.41. The van der Waals surface area contributed by atoms with Crippen LogP contribution in [0.25, 0.3) is 0 Å². The topological polar surface area (TPSA) is 66.9 Å². The summed E-state index contributed by atoms with van der Waals surface area (Å²) in [6.45, 7) is 4.70. The number of amides is 1. The zero-order chi connectivity index (χ0) is 14.4. The lowest BCUT2D eigenvalue weighted by Gasteiger charge is -2.18. The van der Waals surface area contributed by atoms with Gasteiger partial charge in [-0.1, -0.05) is 6.92 Å². The number of fused-ring (bicyclic) bond motifs is 1. The smallest absolute Gasteiger partial charge is 0.221 e. The molecule has 1 aromatic heterocycles. The van der Waals surface area contributed by atoms with Crippen molar-refractivity contribution in [1.29, 1.82) is 0 Å². The van der Waals surface area contributed by atoms with Crippen LogP contribution in [0.2, 0.25) is 0 Å². The van der Waals surface area contributed by atoms with E-state index < -0.39 is 0 Å². The Labute approximate surface area is 120 Å². The molecule has 0 fully saturated rings. The average Bonchev–Trinajstić information content (AvgIpc) is 2.47. The molecule has 1 aliphatic rings. The second-order valence-electron chi connectivity index (χ2n) is 5.41. The monoisotopic (exact) mass is 276 g/mol. The molecule has 0 aliphatic heterocycles. The van der Waals surface area contributed by atoms with Crippen molar-refractivity contribution in [2.24, 2.45) is 0 Å². The predicted molar refractivity (Wildman–Crippen MR) is 79.7 cm³/mol. The highest BCUT2D eigenvalue weighted by Crippen LogP contribution is 2.24. The first-order valence-electron chi connectivity index (χ1n) is 7.56. The average molecular weight is 276 g/mol. The van der Waals surface area contributed by atoms with Gasteiger partial charge < -0.3 is 10.6 Å². The number of anilines is 1. The Bertz CT molecular complexity index is 461. The van der Waals surface area contributed by atoms with Gasteiger partial charge in [0, 0.05) is 30.3 Å². The van der Waals surface area contributed by atoms with Crippen molar-refractivity contribution in [2.75, 3.05) is 11.9 Å². The minimum atomic E-state index is 0.0924. The maximum Gasteiger partial charge on any atom is 0.221 e. The lowest BCUT2D eigenvalue weighted by molar-refractivity contribution is -0.121. The molecule has 0 saturated carbocycles. The Morgan fingerprint density at radius 3 is 2.95 bits per heavy atom. The zero-order valence-corrected chi connectivity index (χ0v) is 12.4. The Morgan fingerprint density at radius 1 is 1.35 bits per heavy atom. The van der Waals surface area contributed by atoms with Gasteiger partial charge in [0.25, 0.3) is 0 Å². The number of hydrogen-bond acceptors (Lipinski definition) is 4. The summed E-state index contributed by atoms with van der Waals surface area (Å²) >= 11 is 0. The summed E-state index contributed by atoms with van der Waals surface area (Å²) in [7, 11) is 0. The largest absolute Gasteiger partial charge is 0.369 e. The van der Waals surface area contributed by atoms with Crippen molar-refractivity contribution >= 4 is 11.7 Å². The number of aryl methyl sites for hydroxylation is 1. The quantitative estimate of drug-likeness (QED) is 0.834. The molecule has 1 heterocycles. The normalized spacial score (nSPS) is 15.3. The van der Waals surface area contributed by atoms with Crippen LogP contribution in [-0.4, -0.2) is 28.5 Å². The first-order valence-corrected chi connectivity index (χ1v) is 7.56. The molecule has 0 aromatic carbocycles. The van der Waals surface area contributed by atoms with Crippen molar-refractivity contribution in [3.8, 4) is 0 Å². The summed E-state index contributed by atoms with van der Waals surface area (Å²) in [4.78, 5) is 20.4. The van der Waals surface area contributed by atoms with E-state index in [9.17, 15) is 4.79 Å². The molecule has 5 nitrogen and oxygen atoms in total. The molecule has 1 amide bonds. The minimum Gasteiger partial charge on any atom is -0.369 e. The molecule has 0 radical (unpaired) electrons. The van der Waals surface area contributed by atoms with Crippen LogP contribution in [0.3, 0.4) is 0 Å². The van der Waals surface area contributed by atoms with E-state index in [-0.39, 0.29) is 11.9 Å². The van der Waals surface area contributed by atoms with Gasteiger partial charge in [0.1, 0.15) is 12.1 Å². The number of nitrogens with zero attached hydrogens (tertiary/aromatic N) is 2. The number of carbonyl (C=O) groups excluding carboxylic acids is 1. The summed E-state index contributed by atoms with van der Waals surface area (Å²) < 4.78 is 0. The summed E-state index contributed by atoms with van der Waals surface area (Å²) in [5.74, 6) is 1.00. The van der Waals surface area contributed by atoms with Gasteiger partial charge in [-0.15, -0.1) is 0 Å². The van der Waals surface area contributed by atoms with Gasteiger partial charge in [-0.25, -0.2) is 9.97 Å². The van der Waals surface area contributed by atoms with Gasteiger partial charge in [0.05, 0.1) is 0 Å². The van der Waals surface area contributed by atoms with E-state index in [4.69, 9.17) is 0 Å². The third-order valence-corrected chi connectivity index (χ3v) is 3.79. The molecule has 1 atom stereocenters. The van der Waals surface area contributed by atoms with E-state index >= 15 is 0 Å². The maximum atomic E-state index is 11.7. The van der Waals surface area contributed by atoms with E-state index in [0.29, 0.717) is 13.0 Å². The number of carbonyl (C=O) groups is 1. The number of aromatic nitrogens is 2. The van der Waals surface area contributed by atoms with Crippen LogP contribution in [0.15, 0.2) is 6.33 Å². The summed E-state index contributed by atoms with van der Waals surface area (Å²) in [6, 6.07) is 0.245. The SMILES string of the molecule is CCC(C)NC(=O)CCNc1ncnc2c1CCCC2. The highest BCUT2D eigenvalue weighted by Gasteiger charge is 2.15. The van der Waals surface area contributed by atoms with Crippen LogP contribution in [0, 0.1) is 0 Å². The number of hydrogen-bond donors (Lipinski definition) is 2. The van der Waals surface area contributed by atoms with Gasteiger partial charge >= 0.3 is 0 Å². The molecule has 0 bridgehead atoms. The molecular formula is C15H24N4O. The molecule has 2 rings (SSSR count). The first kappa shape index (κ1) is 14.8. The van der Waals surface area contributed by atoms with Crippen LogP contribution >= 0.6 is 0 Å². The van der Waals surface area contributed by atoms with Crippen LogP contribution in [0.5, 0.6) is 0 Å². The lowest BCUT2D eigenvalue weighted by atomic mass is 9.96. The van der Waals surface area contributed by atoms with Gasteiger partial charge in [-0.05, 0) is 39.0 Å². The molecule has 2 N–H and O–H groups in total. The Morgan fingerprint density at radius 2 is 2.15 bits per heavy atom. The van der Waals surface area contributed by atoms with Crippen molar-refractivity contribution in [1.82, 2.24) is 15.3 Å². The second kappa shape index (κ2) is 7.22. The molecule has 110 valence electrons. The van der Waals surface area contributed by atoms with Crippen molar-refractivity contribution in [2.45, 2.75) is 58.4 Å². The third kappa shape index (κ3) is 3.92. The van der Waals surface area contributed by atoms with E-state index in [1.165, 1.54) is 18.4 Å². The van der Waals surface area contributed by atoms with Crippen LogP contribution < -0.4 is 10.6 Å². The summed E-state index contributed by atoms with van der Waals surface area (Å²) in [5, 5.41) is 6.25. The van der Waals surface area contributed by atoms with Gasteiger partial charge in [-0.2, -0.15) is 0 Å². The predicted octanol–water partition coefficient (Wildman–Crippen LogP) is 2.07. The van der Waals surface area contributed by atoms with Gasteiger partial charge in [0.15, 0.2) is 0 Å². The molecule has 0 saturated heterocycles. The Hall–Kier alpha value is -1.65. The molecule has 0 spiro atoms. The summed E-state index contributed by atoms with van der Waals surface area (Å²) in [6.07, 6.45) is 7.54. The molecular weight excluding hydrogens is 252 g/mol. The van der Waals surface area contributed by atoms with Gasteiger partial charge in [-0.3, -0.25) is 4.79 Å². The zero-order valence-electron chi connectivity index (χ0n) is 12.4. The summed E-state index contributed by atoms with van der Waals surface area (Å²) in [5.41, 5.74) is 2.40. The number of nitrogens with one attached hydrogen (secondary N) is 2.